The molecular formula is C25H31N3O3. The van der Waals surface area contributed by atoms with E-state index in [-0.39, 0.29) is 30.2 Å². The molecule has 2 saturated heterocycles. The van der Waals surface area contributed by atoms with Gasteiger partial charge in [0, 0.05) is 50.9 Å². The highest BCUT2D eigenvalue weighted by molar-refractivity contribution is 6.00. The first-order chi connectivity index (χ1) is 15.1. The van der Waals surface area contributed by atoms with E-state index in [0.717, 1.165) is 44.1 Å². The zero-order chi connectivity index (χ0) is 21.6. The fourth-order valence-corrected chi connectivity index (χ4v) is 4.45. The molecule has 0 saturated carbocycles. The van der Waals surface area contributed by atoms with E-state index in [4.69, 9.17) is 4.74 Å². The van der Waals surface area contributed by atoms with Crippen LogP contribution in [0.25, 0.3) is 0 Å². The van der Waals surface area contributed by atoms with Crippen molar-refractivity contribution in [3.63, 3.8) is 0 Å². The molecular weight excluding hydrogens is 390 g/mol. The Kier molecular flexibility index (Phi) is 6.99. The van der Waals surface area contributed by atoms with Gasteiger partial charge >= 0.3 is 0 Å². The Hall–Kier alpha value is -2.70. The van der Waals surface area contributed by atoms with Crippen molar-refractivity contribution in [1.82, 2.24) is 9.80 Å². The van der Waals surface area contributed by atoms with E-state index in [1.54, 1.807) is 4.90 Å². The van der Waals surface area contributed by atoms with Gasteiger partial charge in [0.1, 0.15) is 0 Å². The molecule has 2 aliphatic heterocycles. The summed E-state index contributed by atoms with van der Waals surface area (Å²) in [5, 5.41) is 0. The molecule has 2 fully saturated rings. The molecule has 4 rings (SSSR count). The number of morpholine rings is 1. The molecule has 164 valence electrons. The van der Waals surface area contributed by atoms with Gasteiger partial charge in [0.2, 0.25) is 11.8 Å². The maximum Gasteiger partial charge on any atom is 0.228 e. The largest absolute Gasteiger partial charge is 0.379 e. The van der Waals surface area contributed by atoms with Crippen molar-refractivity contribution in [3.05, 3.63) is 66.2 Å². The lowest BCUT2D eigenvalue weighted by Crippen LogP contribution is -2.49. The second-order valence-electron chi connectivity index (χ2n) is 8.45. The Morgan fingerprint density at radius 1 is 1.06 bits per heavy atom. The number of benzene rings is 2. The van der Waals surface area contributed by atoms with Crippen LogP contribution in [0, 0.1) is 5.92 Å². The molecule has 0 N–H and O–H groups in total. The third-order valence-corrected chi connectivity index (χ3v) is 6.18. The van der Waals surface area contributed by atoms with Gasteiger partial charge in [-0.2, -0.15) is 0 Å². The minimum atomic E-state index is -0.316. The summed E-state index contributed by atoms with van der Waals surface area (Å²) in [6, 6.07) is 19.8. The van der Waals surface area contributed by atoms with E-state index >= 15 is 0 Å². The minimum Gasteiger partial charge on any atom is -0.379 e. The molecule has 6 heteroatoms. The first kappa shape index (κ1) is 21.5. The van der Waals surface area contributed by atoms with E-state index in [9.17, 15) is 9.59 Å². The molecule has 6 nitrogen and oxygen atoms in total. The highest BCUT2D eigenvalue weighted by Crippen LogP contribution is 2.27. The van der Waals surface area contributed by atoms with Gasteiger partial charge < -0.3 is 14.5 Å². The molecule has 2 heterocycles. The summed E-state index contributed by atoms with van der Waals surface area (Å²) in [7, 11) is 0. The van der Waals surface area contributed by atoms with Crippen LogP contribution in [0.15, 0.2) is 60.7 Å². The number of carbonyl (C=O) groups is 2. The normalized spacial score (nSPS) is 20.6. The lowest BCUT2D eigenvalue weighted by molar-refractivity contribution is -0.139. The highest BCUT2D eigenvalue weighted by Gasteiger charge is 2.38. The first-order valence-corrected chi connectivity index (χ1v) is 11.1. The van der Waals surface area contributed by atoms with Gasteiger partial charge in [-0.1, -0.05) is 48.5 Å². The Labute approximate surface area is 184 Å². The van der Waals surface area contributed by atoms with Crippen LogP contribution in [-0.2, 0) is 20.9 Å². The van der Waals surface area contributed by atoms with Crippen molar-refractivity contribution >= 4 is 17.5 Å². The average Bonchev–Trinajstić information content (AvgIpc) is 3.20. The molecule has 0 aromatic heterocycles. The zero-order valence-corrected chi connectivity index (χ0v) is 18.2. The summed E-state index contributed by atoms with van der Waals surface area (Å²) in [5.41, 5.74) is 1.97. The average molecular weight is 422 g/mol. The molecule has 2 aromatic rings. The standard InChI is InChI=1S/C25H31N3O3/c1-20(17-26-12-14-31-15-13-26)27(18-21-8-4-2-5-9-21)25(30)22-16-24(29)28(19-22)23-10-6-3-7-11-23/h2-11,20,22H,12-19H2,1H3. The number of para-hydroxylation sites is 1. The molecule has 2 amide bonds. The van der Waals surface area contributed by atoms with E-state index in [0.29, 0.717) is 13.1 Å². The van der Waals surface area contributed by atoms with Crippen molar-refractivity contribution in [2.24, 2.45) is 5.92 Å². The molecule has 2 aliphatic rings. The van der Waals surface area contributed by atoms with Gasteiger partial charge in [0.15, 0.2) is 0 Å². The number of amides is 2. The van der Waals surface area contributed by atoms with Crippen molar-refractivity contribution in [3.8, 4) is 0 Å². The summed E-state index contributed by atoms with van der Waals surface area (Å²) in [5.74, 6) is -0.231. The topological polar surface area (TPSA) is 53.1 Å². The fraction of sp³-hybridized carbons (Fsp3) is 0.440. The smallest absolute Gasteiger partial charge is 0.228 e. The zero-order valence-electron chi connectivity index (χ0n) is 18.2. The molecule has 0 bridgehead atoms. The van der Waals surface area contributed by atoms with Crippen molar-refractivity contribution in [2.75, 3.05) is 44.3 Å². The molecule has 2 unspecified atom stereocenters. The maximum atomic E-state index is 13.7. The van der Waals surface area contributed by atoms with Gasteiger partial charge in [-0.3, -0.25) is 14.5 Å². The number of carbonyl (C=O) groups excluding carboxylic acids is 2. The molecule has 2 atom stereocenters. The Morgan fingerprint density at radius 3 is 2.39 bits per heavy atom. The molecule has 2 aromatic carbocycles. The van der Waals surface area contributed by atoms with Crippen molar-refractivity contribution in [1.29, 1.82) is 0 Å². The summed E-state index contributed by atoms with van der Waals surface area (Å²) >= 11 is 0. The monoisotopic (exact) mass is 421 g/mol. The predicted octanol–water partition coefficient (Wildman–Crippen LogP) is 2.79. The Balaban J connectivity index is 1.49. The number of ether oxygens (including phenoxy) is 1. The van der Waals surface area contributed by atoms with E-state index in [1.807, 2.05) is 53.4 Å². The molecule has 0 spiro atoms. The van der Waals surface area contributed by atoms with Crippen LogP contribution < -0.4 is 4.90 Å². The minimum absolute atomic E-state index is 0.0186. The van der Waals surface area contributed by atoms with Crippen LogP contribution in [0.2, 0.25) is 0 Å². The maximum absolute atomic E-state index is 13.7. The van der Waals surface area contributed by atoms with E-state index in [1.165, 1.54) is 0 Å². The molecule has 0 aliphatic carbocycles. The number of hydrogen-bond acceptors (Lipinski definition) is 4. The van der Waals surface area contributed by atoms with Gasteiger partial charge in [-0.05, 0) is 24.6 Å². The fourth-order valence-electron chi connectivity index (χ4n) is 4.45. The van der Waals surface area contributed by atoms with Crippen LogP contribution in [0.5, 0.6) is 0 Å². The SMILES string of the molecule is CC(CN1CCOCC1)N(Cc1ccccc1)C(=O)C1CC(=O)N(c2ccccc2)C1. The lowest BCUT2D eigenvalue weighted by atomic mass is 10.0. The quantitative estimate of drug-likeness (QED) is 0.690. The Bertz CT molecular complexity index is 868. The van der Waals surface area contributed by atoms with Gasteiger partial charge in [0.05, 0.1) is 19.1 Å². The van der Waals surface area contributed by atoms with E-state index < -0.39 is 0 Å². The second kappa shape index (κ2) is 10.1. The third kappa shape index (κ3) is 5.32. The molecule has 31 heavy (non-hydrogen) atoms. The van der Waals surface area contributed by atoms with Gasteiger partial charge in [-0.25, -0.2) is 0 Å². The first-order valence-electron chi connectivity index (χ1n) is 11.1. The van der Waals surface area contributed by atoms with Crippen LogP contribution in [0.4, 0.5) is 5.69 Å². The summed E-state index contributed by atoms with van der Waals surface area (Å²) in [6.07, 6.45) is 0.267. The van der Waals surface area contributed by atoms with Crippen molar-refractivity contribution in [2.45, 2.75) is 25.9 Å². The van der Waals surface area contributed by atoms with Gasteiger partial charge in [-0.15, -0.1) is 0 Å². The highest BCUT2D eigenvalue weighted by atomic mass is 16.5. The summed E-state index contributed by atoms with van der Waals surface area (Å²) in [6.45, 7) is 7.18. The van der Waals surface area contributed by atoms with Crippen LogP contribution >= 0.6 is 0 Å². The third-order valence-electron chi connectivity index (χ3n) is 6.18. The van der Waals surface area contributed by atoms with Gasteiger partial charge in [0.25, 0.3) is 0 Å². The molecule has 0 radical (unpaired) electrons. The summed E-state index contributed by atoms with van der Waals surface area (Å²) < 4.78 is 5.47. The van der Waals surface area contributed by atoms with Crippen LogP contribution in [-0.4, -0.2) is 67.0 Å². The summed E-state index contributed by atoms with van der Waals surface area (Å²) in [4.78, 5) is 32.4. The Morgan fingerprint density at radius 2 is 1.71 bits per heavy atom. The van der Waals surface area contributed by atoms with Crippen molar-refractivity contribution < 1.29 is 14.3 Å². The number of hydrogen-bond donors (Lipinski definition) is 0. The predicted molar refractivity (Wildman–Crippen MR) is 121 cm³/mol. The van der Waals surface area contributed by atoms with Crippen LogP contribution in [0.1, 0.15) is 18.9 Å². The lowest BCUT2D eigenvalue weighted by Gasteiger charge is -2.36. The second-order valence-corrected chi connectivity index (χ2v) is 8.45. The number of nitrogens with zero attached hydrogens (tertiary/aromatic N) is 3. The van der Waals surface area contributed by atoms with E-state index in [2.05, 4.69) is 24.0 Å². The number of rotatable bonds is 7. The van der Waals surface area contributed by atoms with Crippen LogP contribution in [0.3, 0.4) is 0 Å². The number of anilines is 1.